The molecule has 0 amide bonds. The Morgan fingerprint density at radius 3 is 3.00 bits per heavy atom. The zero-order valence-electron chi connectivity index (χ0n) is 11.1. The summed E-state index contributed by atoms with van der Waals surface area (Å²) in [6, 6.07) is 7.94. The molecule has 0 aliphatic rings. The predicted octanol–water partition coefficient (Wildman–Crippen LogP) is 3.36. The highest BCUT2D eigenvalue weighted by Gasteiger charge is 2.09. The van der Waals surface area contributed by atoms with Crippen molar-refractivity contribution >= 4 is 17.3 Å². The number of aromatic nitrogens is 2. The average molecular weight is 280 g/mol. The lowest BCUT2D eigenvalue weighted by Crippen LogP contribution is -2.18. The van der Waals surface area contributed by atoms with Gasteiger partial charge in [-0.3, -0.25) is 0 Å². The molecule has 1 heterocycles. The monoisotopic (exact) mass is 279 g/mol. The third kappa shape index (κ3) is 3.72. The van der Waals surface area contributed by atoms with Gasteiger partial charge in [-0.1, -0.05) is 11.6 Å². The molecule has 1 atom stereocenters. The lowest BCUT2D eigenvalue weighted by molar-refractivity contribution is 0.191. The summed E-state index contributed by atoms with van der Waals surface area (Å²) in [5, 5.41) is 8.41. The van der Waals surface area contributed by atoms with E-state index in [1.807, 2.05) is 35.1 Å². The van der Waals surface area contributed by atoms with Crippen molar-refractivity contribution in [2.24, 2.45) is 0 Å². The minimum absolute atomic E-state index is 0.299. The van der Waals surface area contributed by atoms with Crippen LogP contribution < -0.4 is 5.32 Å². The maximum Gasteiger partial charge on any atom is 0.0877 e. The molecule has 0 bridgehead atoms. The van der Waals surface area contributed by atoms with Crippen molar-refractivity contribution in [2.45, 2.75) is 19.4 Å². The van der Waals surface area contributed by atoms with Crippen molar-refractivity contribution in [3.8, 4) is 5.69 Å². The molecule has 0 fully saturated rings. The summed E-state index contributed by atoms with van der Waals surface area (Å²) in [7, 11) is 1.71. The van der Waals surface area contributed by atoms with E-state index in [9.17, 15) is 0 Å². The lowest BCUT2D eigenvalue weighted by Gasteiger charge is -2.18. The van der Waals surface area contributed by atoms with Crippen molar-refractivity contribution in [3.05, 3.63) is 41.7 Å². The van der Waals surface area contributed by atoms with Gasteiger partial charge in [0.05, 0.1) is 11.4 Å². The molecule has 0 aliphatic heterocycles. The Kier molecular flexibility index (Phi) is 4.82. The van der Waals surface area contributed by atoms with Crippen LogP contribution in [0.5, 0.6) is 0 Å². The molecule has 1 N–H and O–H groups in total. The van der Waals surface area contributed by atoms with Gasteiger partial charge in [0.15, 0.2) is 0 Å². The molecule has 0 spiro atoms. The number of rotatable bonds is 6. The highest BCUT2D eigenvalue weighted by atomic mass is 35.5. The lowest BCUT2D eigenvalue weighted by atomic mass is 10.2. The molecule has 4 nitrogen and oxygen atoms in total. The number of nitrogens with zero attached hydrogens (tertiary/aromatic N) is 2. The van der Waals surface area contributed by atoms with Crippen LogP contribution in [0, 0.1) is 0 Å². The standard InChI is InChI=1S/C14H18ClN3O/c1-11(6-9-19-2)17-13-10-12(15)4-5-14(13)18-8-3-7-16-18/h3-5,7-8,10-11,17H,6,9H2,1-2H3. The first-order valence-electron chi connectivity index (χ1n) is 6.25. The molecular weight excluding hydrogens is 262 g/mol. The maximum absolute atomic E-state index is 6.07. The van der Waals surface area contributed by atoms with Crippen molar-refractivity contribution in [1.82, 2.24) is 9.78 Å². The highest BCUT2D eigenvalue weighted by molar-refractivity contribution is 6.31. The Hall–Kier alpha value is -1.52. The fourth-order valence-corrected chi connectivity index (χ4v) is 2.04. The van der Waals surface area contributed by atoms with Crippen LogP contribution in [0.3, 0.4) is 0 Å². The number of benzene rings is 1. The third-order valence-electron chi connectivity index (χ3n) is 2.87. The quantitative estimate of drug-likeness (QED) is 0.881. The number of hydrogen-bond acceptors (Lipinski definition) is 3. The van der Waals surface area contributed by atoms with Crippen molar-refractivity contribution in [1.29, 1.82) is 0 Å². The molecule has 2 rings (SSSR count). The van der Waals surface area contributed by atoms with Gasteiger partial charge in [0, 0.05) is 37.2 Å². The molecule has 0 radical (unpaired) electrons. The van der Waals surface area contributed by atoms with Crippen molar-refractivity contribution in [3.63, 3.8) is 0 Å². The first-order valence-corrected chi connectivity index (χ1v) is 6.63. The molecule has 102 valence electrons. The van der Waals surface area contributed by atoms with E-state index >= 15 is 0 Å². The smallest absolute Gasteiger partial charge is 0.0877 e. The highest BCUT2D eigenvalue weighted by Crippen LogP contribution is 2.25. The topological polar surface area (TPSA) is 39.1 Å². The van der Waals surface area contributed by atoms with E-state index in [4.69, 9.17) is 16.3 Å². The van der Waals surface area contributed by atoms with Crippen LogP contribution in [-0.2, 0) is 4.74 Å². The van der Waals surface area contributed by atoms with Crippen LogP contribution in [0.15, 0.2) is 36.7 Å². The van der Waals surface area contributed by atoms with E-state index in [2.05, 4.69) is 17.3 Å². The van der Waals surface area contributed by atoms with Gasteiger partial charge in [0.2, 0.25) is 0 Å². The Morgan fingerprint density at radius 2 is 2.32 bits per heavy atom. The van der Waals surface area contributed by atoms with E-state index in [0.29, 0.717) is 11.1 Å². The Morgan fingerprint density at radius 1 is 1.47 bits per heavy atom. The second-order valence-electron chi connectivity index (χ2n) is 4.44. The molecule has 2 aromatic rings. The third-order valence-corrected chi connectivity index (χ3v) is 3.10. The van der Waals surface area contributed by atoms with Gasteiger partial charge < -0.3 is 10.1 Å². The van der Waals surface area contributed by atoms with Crippen LogP contribution in [0.1, 0.15) is 13.3 Å². The van der Waals surface area contributed by atoms with Crippen LogP contribution in [0.4, 0.5) is 5.69 Å². The number of methoxy groups -OCH3 is 1. The second-order valence-corrected chi connectivity index (χ2v) is 4.88. The molecule has 0 saturated heterocycles. The van der Waals surface area contributed by atoms with Crippen molar-refractivity contribution in [2.75, 3.05) is 19.0 Å². The second kappa shape index (κ2) is 6.59. The van der Waals surface area contributed by atoms with Gasteiger partial charge in [0.1, 0.15) is 0 Å². The first-order chi connectivity index (χ1) is 9.20. The zero-order chi connectivity index (χ0) is 13.7. The Balaban J connectivity index is 2.20. The van der Waals surface area contributed by atoms with E-state index in [1.165, 1.54) is 0 Å². The molecule has 19 heavy (non-hydrogen) atoms. The summed E-state index contributed by atoms with van der Waals surface area (Å²) in [6.45, 7) is 2.85. The molecule has 0 aliphatic carbocycles. The van der Waals surface area contributed by atoms with Gasteiger partial charge in [-0.15, -0.1) is 0 Å². The van der Waals surface area contributed by atoms with Crippen LogP contribution in [0.2, 0.25) is 5.02 Å². The maximum atomic E-state index is 6.07. The van der Waals surface area contributed by atoms with Gasteiger partial charge >= 0.3 is 0 Å². The Labute approximate surface area is 118 Å². The summed E-state index contributed by atoms with van der Waals surface area (Å²) < 4.78 is 6.91. The normalized spacial score (nSPS) is 12.4. The zero-order valence-corrected chi connectivity index (χ0v) is 11.9. The van der Waals surface area contributed by atoms with Gasteiger partial charge in [0.25, 0.3) is 0 Å². The van der Waals surface area contributed by atoms with Crippen LogP contribution >= 0.6 is 11.6 Å². The number of hydrogen-bond donors (Lipinski definition) is 1. The summed E-state index contributed by atoms with van der Waals surface area (Å²) >= 11 is 6.07. The average Bonchev–Trinajstić information content (AvgIpc) is 2.90. The molecule has 1 aromatic heterocycles. The van der Waals surface area contributed by atoms with Gasteiger partial charge in [-0.25, -0.2) is 4.68 Å². The van der Waals surface area contributed by atoms with E-state index in [0.717, 1.165) is 24.4 Å². The van der Waals surface area contributed by atoms with E-state index in [1.54, 1.807) is 13.3 Å². The fourth-order valence-electron chi connectivity index (χ4n) is 1.87. The fraction of sp³-hybridized carbons (Fsp3) is 0.357. The largest absolute Gasteiger partial charge is 0.385 e. The molecule has 5 heteroatoms. The van der Waals surface area contributed by atoms with E-state index < -0.39 is 0 Å². The van der Waals surface area contributed by atoms with E-state index in [-0.39, 0.29) is 0 Å². The minimum atomic E-state index is 0.299. The van der Waals surface area contributed by atoms with Gasteiger partial charge in [-0.05, 0) is 37.6 Å². The van der Waals surface area contributed by atoms with Crippen molar-refractivity contribution < 1.29 is 4.74 Å². The SMILES string of the molecule is COCCC(C)Nc1cc(Cl)ccc1-n1cccn1. The first kappa shape index (κ1) is 13.9. The predicted molar refractivity (Wildman–Crippen MR) is 78.2 cm³/mol. The summed E-state index contributed by atoms with van der Waals surface area (Å²) in [5.74, 6) is 0. The summed E-state index contributed by atoms with van der Waals surface area (Å²) in [6.07, 6.45) is 4.60. The minimum Gasteiger partial charge on any atom is -0.385 e. The number of ether oxygens (including phenoxy) is 1. The summed E-state index contributed by atoms with van der Waals surface area (Å²) in [4.78, 5) is 0. The van der Waals surface area contributed by atoms with Crippen LogP contribution in [-0.4, -0.2) is 29.5 Å². The number of nitrogens with one attached hydrogen (secondary N) is 1. The molecule has 1 aromatic carbocycles. The number of anilines is 1. The Bertz CT molecular complexity index is 513. The molecule has 1 unspecified atom stereocenters. The molecule has 0 saturated carbocycles. The molecular formula is C14H18ClN3O. The summed E-state index contributed by atoms with van der Waals surface area (Å²) in [5.41, 5.74) is 1.96. The number of halogens is 1. The van der Waals surface area contributed by atoms with Gasteiger partial charge in [-0.2, -0.15) is 5.10 Å². The van der Waals surface area contributed by atoms with Crippen LogP contribution in [0.25, 0.3) is 5.69 Å².